The average molecular weight is 705 g/mol. The van der Waals surface area contributed by atoms with Gasteiger partial charge < -0.3 is 4.57 Å². The fraction of sp³-hybridized carbons (Fsp3) is 0.0652. The maximum absolute atomic E-state index is 6.68. The highest BCUT2D eigenvalue weighted by Crippen LogP contribution is 2.43. The Morgan fingerprint density at radius 3 is 1.86 bits per heavy atom. The molecule has 0 aliphatic heterocycles. The van der Waals surface area contributed by atoms with Gasteiger partial charge in [0.25, 0.3) is 0 Å². The van der Waals surface area contributed by atoms with Crippen molar-refractivity contribution >= 4 is 105 Å². The molecule has 0 saturated carbocycles. The Hall–Kier alpha value is -6.27. The van der Waals surface area contributed by atoms with Gasteiger partial charge in [0.1, 0.15) is 39.2 Å². The number of fused-ring (bicyclic) bond motifs is 7. The fourth-order valence-corrected chi connectivity index (χ4v) is 8.36. The summed E-state index contributed by atoms with van der Waals surface area (Å²) in [5.41, 5.74) is 10.4. The van der Waals surface area contributed by atoms with Gasteiger partial charge in [-0.1, -0.05) is 121 Å². The van der Waals surface area contributed by atoms with Crippen molar-refractivity contribution < 1.29 is 0 Å². The van der Waals surface area contributed by atoms with Crippen molar-refractivity contribution in [2.45, 2.75) is 13.3 Å². The van der Waals surface area contributed by atoms with Gasteiger partial charge in [0.15, 0.2) is 11.6 Å². The van der Waals surface area contributed by atoms with Gasteiger partial charge in [0.2, 0.25) is 5.95 Å². The van der Waals surface area contributed by atoms with Crippen LogP contribution in [0, 0.1) is 5.92 Å². The lowest BCUT2D eigenvalue weighted by atomic mass is 9.60. The van der Waals surface area contributed by atoms with E-state index < -0.39 is 0 Å². The Balaban J connectivity index is 1.32. The van der Waals surface area contributed by atoms with E-state index in [0.717, 1.165) is 56.1 Å². The number of hydrogen-bond donors (Lipinski definition) is 0. The van der Waals surface area contributed by atoms with E-state index in [0.29, 0.717) is 23.3 Å². The summed E-state index contributed by atoms with van der Waals surface area (Å²) in [5.74, 6) is 1.43. The van der Waals surface area contributed by atoms with Gasteiger partial charge in [-0.2, -0.15) is 9.97 Å². The first-order valence-corrected chi connectivity index (χ1v) is 18.6. The van der Waals surface area contributed by atoms with Gasteiger partial charge in [0, 0.05) is 44.2 Å². The molecule has 9 aromatic rings. The summed E-state index contributed by atoms with van der Waals surface area (Å²) in [7, 11) is 32.4. The predicted octanol–water partition coefficient (Wildman–Crippen LogP) is 5.09. The molecule has 3 aromatic heterocycles. The lowest BCUT2D eigenvalue weighted by molar-refractivity contribution is 0.690. The molecule has 6 aromatic carbocycles. The molecule has 1 aliphatic carbocycles. The SMILES string of the molecule is [B]c1c([B])c([B])c(-c2nc(-c3ccccc3-c3ccccc3)nc(-n3c4ccccc4c4c5c6c(n(-c7ccccc7)c5ccc43)CC(C)C=C6)n2)c([B])c1[B]. The van der Waals surface area contributed by atoms with E-state index in [9.17, 15) is 0 Å². The molecule has 0 amide bonds. The van der Waals surface area contributed by atoms with Gasteiger partial charge in [-0.05, 0) is 53.8 Å². The molecule has 0 fully saturated rings. The Labute approximate surface area is 331 Å². The van der Waals surface area contributed by atoms with Crippen LogP contribution in [-0.4, -0.2) is 63.3 Å². The third-order valence-electron chi connectivity index (χ3n) is 11.0. The lowest BCUT2D eigenvalue weighted by Gasteiger charge is -2.21. The van der Waals surface area contributed by atoms with Crippen LogP contribution in [0.25, 0.3) is 84.3 Å². The number of para-hydroxylation sites is 2. The summed E-state index contributed by atoms with van der Waals surface area (Å²) >= 11 is 0. The van der Waals surface area contributed by atoms with E-state index >= 15 is 0 Å². The summed E-state index contributed by atoms with van der Waals surface area (Å²) in [5, 5.41) is 3.36. The summed E-state index contributed by atoms with van der Waals surface area (Å²) in [6, 6.07) is 41.5. The molecule has 1 atom stereocenters. The van der Waals surface area contributed by atoms with Crippen LogP contribution in [0.3, 0.4) is 0 Å². The van der Waals surface area contributed by atoms with E-state index in [2.05, 4.69) is 107 Å². The Kier molecular flexibility index (Phi) is 8.07. The molecule has 10 radical (unpaired) electrons. The summed E-state index contributed by atoms with van der Waals surface area (Å²) in [6.45, 7) is 2.27. The maximum Gasteiger partial charge on any atom is 0.238 e. The second kappa shape index (κ2) is 13.2. The number of hydrogen-bond acceptors (Lipinski definition) is 3. The Bertz CT molecular complexity index is 3050. The molecule has 1 aliphatic rings. The number of benzene rings is 6. The largest absolute Gasteiger partial charge is 0.313 e. The highest BCUT2D eigenvalue weighted by molar-refractivity contribution is 6.68. The summed E-state index contributed by atoms with van der Waals surface area (Å²) in [6.07, 6.45) is 5.52. The first-order valence-electron chi connectivity index (χ1n) is 18.6. The fourth-order valence-electron chi connectivity index (χ4n) is 8.36. The van der Waals surface area contributed by atoms with Crippen LogP contribution < -0.4 is 27.3 Å². The van der Waals surface area contributed by atoms with Crippen molar-refractivity contribution in [1.82, 2.24) is 24.1 Å². The minimum atomic E-state index is 0.119. The van der Waals surface area contributed by atoms with Crippen molar-refractivity contribution in [1.29, 1.82) is 0 Å². The quantitative estimate of drug-likeness (QED) is 0.235. The van der Waals surface area contributed by atoms with Crippen molar-refractivity contribution in [2.24, 2.45) is 5.92 Å². The first-order chi connectivity index (χ1) is 27.3. The standard InChI is InChI=1S/C46H28B5N5/c1-25-20-21-31-35(24-25)55(27-14-6-3-7-15-27)33-22-23-34-36(37(31)33)30-18-10-11-19-32(30)56(34)46-53-44(29-17-9-8-16-28(29)26-12-4-2-5-13-26)52-45(54-46)38-39(47)41(49)43(51)42(50)40(38)48/h2-23,25H,24H2,1H3. The molecule has 0 bridgehead atoms. The van der Waals surface area contributed by atoms with Gasteiger partial charge in [0.05, 0.1) is 16.6 Å². The van der Waals surface area contributed by atoms with E-state index in [1.165, 1.54) is 16.6 Å². The minimum absolute atomic E-state index is 0.119. The molecule has 10 rings (SSSR count). The van der Waals surface area contributed by atoms with Crippen molar-refractivity contribution in [2.75, 3.05) is 0 Å². The molecular weight excluding hydrogens is 677 g/mol. The van der Waals surface area contributed by atoms with Crippen molar-refractivity contribution in [3.8, 4) is 45.5 Å². The highest BCUT2D eigenvalue weighted by Gasteiger charge is 2.27. The zero-order valence-electron chi connectivity index (χ0n) is 30.6. The topological polar surface area (TPSA) is 48.5 Å². The zero-order valence-corrected chi connectivity index (χ0v) is 30.6. The van der Waals surface area contributed by atoms with E-state index in [4.69, 9.17) is 54.2 Å². The van der Waals surface area contributed by atoms with Gasteiger partial charge in [-0.25, -0.2) is 4.98 Å². The lowest BCUT2D eigenvalue weighted by Crippen LogP contribution is -2.55. The normalized spacial score (nSPS) is 13.8. The van der Waals surface area contributed by atoms with E-state index in [-0.39, 0.29) is 33.1 Å². The number of aromatic nitrogens is 5. The third-order valence-corrected chi connectivity index (χ3v) is 11.0. The zero-order chi connectivity index (χ0) is 38.2. The monoisotopic (exact) mass is 705 g/mol. The van der Waals surface area contributed by atoms with Crippen LogP contribution in [0.5, 0.6) is 0 Å². The van der Waals surface area contributed by atoms with Gasteiger partial charge >= 0.3 is 0 Å². The van der Waals surface area contributed by atoms with Crippen molar-refractivity contribution in [3.05, 3.63) is 139 Å². The van der Waals surface area contributed by atoms with Gasteiger partial charge in [-0.3, -0.25) is 4.57 Å². The van der Waals surface area contributed by atoms with E-state index in [1.54, 1.807) is 0 Å². The summed E-state index contributed by atoms with van der Waals surface area (Å²) in [4.78, 5) is 15.5. The van der Waals surface area contributed by atoms with Gasteiger partial charge in [-0.15, -0.1) is 16.4 Å². The maximum atomic E-state index is 6.68. The van der Waals surface area contributed by atoms with E-state index in [1.807, 2.05) is 42.5 Å². The van der Waals surface area contributed by atoms with Crippen LogP contribution in [0.2, 0.25) is 0 Å². The number of rotatable bonds is 5. The molecule has 0 N–H and O–H groups in total. The Morgan fingerprint density at radius 2 is 1.12 bits per heavy atom. The molecule has 3 heterocycles. The molecule has 1 unspecified atom stereocenters. The third kappa shape index (κ3) is 5.19. The molecule has 10 heteroatoms. The summed E-state index contributed by atoms with van der Waals surface area (Å²) < 4.78 is 4.51. The second-order valence-electron chi connectivity index (χ2n) is 14.4. The average Bonchev–Trinajstić information content (AvgIpc) is 3.75. The number of nitrogens with zero attached hydrogens (tertiary/aromatic N) is 5. The molecule has 252 valence electrons. The van der Waals surface area contributed by atoms with Crippen LogP contribution in [0.1, 0.15) is 18.2 Å². The van der Waals surface area contributed by atoms with Crippen LogP contribution >= 0.6 is 0 Å². The smallest absolute Gasteiger partial charge is 0.238 e. The van der Waals surface area contributed by atoms with Crippen molar-refractivity contribution in [3.63, 3.8) is 0 Å². The predicted molar refractivity (Wildman–Crippen MR) is 236 cm³/mol. The molecular formula is C46H28B5N5. The molecule has 56 heavy (non-hydrogen) atoms. The minimum Gasteiger partial charge on any atom is -0.313 e. The van der Waals surface area contributed by atoms with Crippen LogP contribution in [0.15, 0.2) is 127 Å². The molecule has 5 nitrogen and oxygen atoms in total. The Morgan fingerprint density at radius 1 is 0.536 bits per heavy atom. The first kappa shape index (κ1) is 34.2. The van der Waals surface area contributed by atoms with Crippen LogP contribution in [-0.2, 0) is 6.42 Å². The second-order valence-corrected chi connectivity index (χ2v) is 14.4. The molecule has 0 spiro atoms. The molecule has 0 saturated heterocycles. The highest BCUT2D eigenvalue weighted by atomic mass is 15.2. The number of allylic oxidation sites excluding steroid dienone is 1. The van der Waals surface area contributed by atoms with Crippen LogP contribution in [0.4, 0.5) is 0 Å².